The van der Waals surface area contributed by atoms with Crippen LogP contribution in [0.2, 0.25) is 0 Å². The second-order valence-electron chi connectivity index (χ2n) is 7.73. The van der Waals surface area contributed by atoms with Gasteiger partial charge in [0, 0.05) is 25.2 Å². The fourth-order valence-electron chi connectivity index (χ4n) is 2.09. The molecule has 136 valence electrons. The summed E-state index contributed by atoms with van der Waals surface area (Å²) in [5.74, 6) is -1.72. The minimum absolute atomic E-state index is 0.371. The molecule has 1 aromatic rings. The molecule has 0 aliphatic carbocycles. The Kier molecular flexibility index (Phi) is 6.72. The first-order valence-electron chi connectivity index (χ1n) is 8.05. The van der Waals surface area contributed by atoms with Crippen LogP contribution < -0.4 is 5.32 Å². The summed E-state index contributed by atoms with van der Waals surface area (Å²) in [5.41, 5.74) is -0.292. The molecule has 1 rings (SSSR count). The molecule has 0 fully saturated rings. The van der Waals surface area contributed by atoms with Crippen LogP contribution in [-0.4, -0.2) is 35.2 Å². The number of carbonyl (C=O) groups excluding carboxylic acids is 1. The van der Waals surface area contributed by atoms with E-state index in [1.165, 1.54) is 6.07 Å². The average Bonchev–Trinajstić information content (AvgIpc) is 2.38. The quantitative estimate of drug-likeness (QED) is 0.820. The van der Waals surface area contributed by atoms with Crippen molar-refractivity contribution < 1.29 is 18.3 Å². The largest absolute Gasteiger partial charge is 0.444 e. The van der Waals surface area contributed by atoms with Gasteiger partial charge in [-0.05, 0) is 59.2 Å². The third kappa shape index (κ3) is 6.83. The first-order valence-corrected chi connectivity index (χ1v) is 8.05. The predicted octanol–water partition coefficient (Wildman–Crippen LogP) is 4.09. The van der Waals surface area contributed by atoms with Crippen LogP contribution in [0, 0.1) is 11.6 Å². The fraction of sp³-hybridized carbons (Fsp3) is 0.611. The van der Waals surface area contributed by atoms with Crippen LogP contribution in [0.3, 0.4) is 0 Å². The summed E-state index contributed by atoms with van der Waals surface area (Å²) in [4.78, 5) is 14.0. The minimum atomic E-state index is -0.862. The van der Waals surface area contributed by atoms with Crippen molar-refractivity contribution in [2.75, 3.05) is 13.1 Å². The first-order chi connectivity index (χ1) is 10.9. The monoisotopic (exact) mass is 342 g/mol. The molecular formula is C18H28F2N2O2. The molecule has 0 aromatic heterocycles. The molecule has 0 radical (unpaired) electrons. The summed E-state index contributed by atoms with van der Waals surface area (Å²) in [6.07, 6.45) is -0.371. The zero-order chi connectivity index (χ0) is 18.5. The Morgan fingerprint density at radius 1 is 1.12 bits per heavy atom. The first kappa shape index (κ1) is 20.4. The van der Waals surface area contributed by atoms with E-state index in [1.54, 1.807) is 4.90 Å². The van der Waals surface area contributed by atoms with Crippen LogP contribution >= 0.6 is 0 Å². The van der Waals surface area contributed by atoms with Gasteiger partial charge in [-0.3, -0.25) is 0 Å². The van der Waals surface area contributed by atoms with Gasteiger partial charge in [-0.25, -0.2) is 13.6 Å². The van der Waals surface area contributed by atoms with Gasteiger partial charge in [0.2, 0.25) is 0 Å². The molecule has 0 atom stereocenters. The van der Waals surface area contributed by atoms with E-state index in [-0.39, 0.29) is 11.6 Å². The molecular weight excluding hydrogens is 314 g/mol. The van der Waals surface area contributed by atoms with Gasteiger partial charge in [-0.15, -0.1) is 0 Å². The Balaban J connectivity index is 2.56. The predicted molar refractivity (Wildman–Crippen MR) is 90.8 cm³/mol. The maximum absolute atomic E-state index is 13.2. The Hall–Kier alpha value is -1.69. The van der Waals surface area contributed by atoms with Gasteiger partial charge >= 0.3 is 6.09 Å². The van der Waals surface area contributed by atoms with E-state index in [0.29, 0.717) is 25.2 Å². The van der Waals surface area contributed by atoms with Gasteiger partial charge in [0.15, 0.2) is 11.6 Å². The molecule has 4 nitrogen and oxygen atoms in total. The average molecular weight is 342 g/mol. The van der Waals surface area contributed by atoms with E-state index in [1.807, 2.05) is 41.5 Å². The van der Waals surface area contributed by atoms with Gasteiger partial charge < -0.3 is 15.0 Å². The van der Waals surface area contributed by atoms with Crippen LogP contribution in [-0.2, 0) is 11.3 Å². The van der Waals surface area contributed by atoms with Gasteiger partial charge in [0.05, 0.1) is 0 Å². The lowest BCUT2D eigenvalue weighted by Gasteiger charge is -2.36. The Labute approximate surface area is 143 Å². The Morgan fingerprint density at radius 3 is 2.25 bits per heavy atom. The fourth-order valence-corrected chi connectivity index (χ4v) is 2.09. The minimum Gasteiger partial charge on any atom is -0.444 e. The second-order valence-corrected chi connectivity index (χ2v) is 7.73. The molecule has 0 heterocycles. The highest BCUT2D eigenvalue weighted by atomic mass is 19.2. The molecule has 0 saturated carbocycles. The number of amides is 1. The van der Waals surface area contributed by atoms with Crippen molar-refractivity contribution in [3.8, 4) is 0 Å². The molecule has 1 aromatic carbocycles. The van der Waals surface area contributed by atoms with Crippen molar-refractivity contribution in [1.82, 2.24) is 10.2 Å². The Morgan fingerprint density at radius 2 is 1.75 bits per heavy atom. The molecule has 0 unspecified atom stereocenters. The molecule has 0 saturated heterocycles. The smallest absolute Gasteiger partial charge is 0.410 e. The van der Waals surface area contributed by atoms with Crippen molar-refractivity contribution >= 4 is 6.09 Å². The Bertz CT molecular complexity index is 563. The van der Waals surface area contributed by atoms with Gasteiger partial charge in [0.1, 0.15) is 5.60 Å². The molecule has 1 N–H and O–H groups in total. The van der Waals surface area contributed by atoms with Crippen LogP contribution in [0.25, 0.3) is 0 Å². The number of hydrogen-bond donors (Lipinski definition) is 1. The van der Waals surface area contributed by atoms with Gasteiger partial charge in [-0.1, -0.05) is 6.07 Å². The number of halogens is 2. The van der Waals surface area contributed by atoms with Gasteiger partial charge in [0.25, 0.3) is 0 Å². The number of benzene rings is 1. The molecule has 6 heteroatoms. The normalized spacial score (nSPS) is 12.2. The van der Waals surface area contributed by atoms with Crippen molar-refractivity contribution in [2.24, 2.45) is 0 Å². The maximum Gasteiger partial charge on any atom is 0.410 e. The van der Waals surface area contributed by atoms with Crippen molar-refractivity contribution in [2.45, 2.75) is 59.2 Å². The highest BCUT2D eigenvalue weighted by molar-refractivity contribution is 5.69. The van der Waals surface area contributed by atoms with E-state index >= 15 is 0 Å². The standard InChI is InChI=1S/C18H28F2N2O2/c1-17(2,3)22(16(23)24-18(4,5)6)10-9-21-12-13-7-8-14(19)15(20)11-13/h7-8,11,21H,9-10,12H2,1-6H3. The zero-order valence-corrected chi connectivity index (χ0v) is 15.4. The summed E-state index contributed by atoms with van der Waals surface area (Å²) in [6, 6.07) is 3.80. The SMILES string of the molecule is CC(C)(C)OC(=O)N(CCNCc1ccc(F)c(F)c1)C(C)(C)C. The second kappa shape index (κ2) is 7.92. The molecule has 0 spiro atoms. The number of hydrogen-bond acceptors (Lipinski definition) is 3. The van der Waals surface area contributed by atoms with Crippen molar-refractivity contribution in [3.63, 3.8) is 0 Å². The lowest BCUT2D eigenvalue weighted by molar-refractivity contribution is 0.00663. The molecule has 1 amide bonds. The highest BCUT2D eigenvalue weighted by Gasteiger charge is 2.30. The van der Waals surface area contributed by atoms with Crippen LogP contribution in [0.1, 0.15) is 47.1 Å². The van der Waals surface area contributed by atoms with Gasteiger partial charge in [-0.2, -0.15) is 0 Å². The van der Waals surface area contributed by atoms with E-state index in [2.05, 4.69) is 5.32 Å². The third-order valence-corrected chi connectivity index (χ3v) is 3.25. The lowest BCUT2D eigenvalue weighted by Crippen LogP contribution is -2.50. The third-order valence-electron chi connectivity index (χ3n) is 3.25. The zero-order valence-electron chi connectivity index (χ0n) is 15.4. The highest BCUT2D eigenvalue weighted by Crippen LogP contribution is 2.18. The van der Waals surface area contributed by atoms with Crippen LogP contribution in [0.15, 0.2) is 18.2 Å². The summed E-state index contributed by atoms with van der Waals surface area (Å²) >= 11 is 0. The summed E-state index contributed by atoms with van der Waals surface area (Å²) in [7, 11) is 0. The van der Waals surface area contributed by atoms with E-state index < -0.39 is 17.2 Å². The molecule has 24 heavy (non-hydrogen) atoms. The number of nitrogens with zero attached hydrogens (tertiary/aromatic N) is 1. The van der Waals surface area contributed by atoms with E-state index in [4.69, 9.17) is 4.74 Å². The van der Waals surface area contributed by atoms with E-state index in [9.17, 15) is 13.6 Å². The summed E-state index contributed by atoms with van der Waals surface area (Å²) < 4.78 is 31.5. The van der Waals surface area contributed by atoms with Crippen molar-refractivity contribution in [1.29, 1.82) is 0 Å². The number of ether oxygens (including phenoxy) is 1. The van der Waals surface area contributed by atoms with Crippen LogP contribution in [0.4, 0.5) is 13.6 Å². The number of rotatable bonds is 5. The van der Waals surface area contributed by atoms with Crippen LogP contribution in [0.5, 0.6) is 0 Å². The number of carbonyl (C=O) groups is 1. The summed E-state index contributed by atoms with van der Waals surface area (Å²) in [6.45, 7) is 12.6. The molecule has 0 bridgehead atoms. The number of nitrogens with one attached hydrogen (secondary N) is 1. The summed E-state index contributed by atoms with van der Waals surface area (Å²) in [5, 5.41) is 3.13. The lowest BCUT2D eigenvalue weighted by atomic mass is 10.1. The van der Waals surface area contributed by atoms with E-state index in [0.717, 1.165) is 12.1 Å². The molecule has 0 aliphatic rings. The molecule has 0 aliphatic heterocycles. The van der Waals surface area contributed by atoms with Crippen molar-refractivity contribution in [3.05, 3.63) is 35.4 Å². The topological polar surface area (TPSA) is 41.6 Å². The maximum atomic E-state index is 13.2.